The van der Waals surface area contributed by atoms with E-state index < -0.39 is 23.2 Å². The topological polar surface area (TPSA) is 114 Å². The molecule has 2 aromatic rings. The summed E-state index contributed by atoms with van der Waals surface area (Å²) in [6.45, 7) is 6.82. The van der Waals surface area contributed by atoms with Crippen LogP contribution >= 0.6 is 0 Å². The van der Waals surface area contributed by atoms with Crippen LogP contribution in [-0.2, 0) is 31.0 Å². The Bertz CT molecular complexity index is 1060. The Kier molecular flexibility index (Phi) is 6.70. The summed E-state index contributed by atoms with van der Waals surface area (Å²) in [7, 11) is 0. The number of nitrogens with zero attached hydrogens (tertiary/aromatic N) is 3. The minimum Gasteiger partial charge on any atom is -0.454 e. The summed E-state index contributed by atoms with van der Waals surface area (Å²) in [6, 6.07) is 5.35. The summed E-state index contributed by atoms with van der Waals surface area (Å²) in [6.07, 6.45) is 1.61. The van der Waals surface area contributed by atoms with E-state index in [4.69, 9.17) is 14.2 Å². The van der Waals surface area contributed by atoms with Crippen LogP contribution in [0.2, 0.25) is 0 Å². The van der Waals surface area contributed by atoms with Crippen LogP contribution < -0.4 is 26.5 Å². The van der Waals surface area contributed by atoms with Gasteiger partial charge in [-0.2, -0.15) is 0 Å². The predicted molar refractivity (Wildman–Crippen MR) is 108 cm³/mol. The number of allylic oxidation sites excluding steroid dienone is 2. The highest BCUT2D eigenvalue weighted by atomic mass is 16.7. The van der Waals surface area contributed by atoms with Crippen molar-refractivity contribution in [2.24, 2.45) is 0 Å². The fraction of sp³-hybridized carbons (Fsp3) is 0.350. The van der Waals surface area contributed by atoms with Gasteiger partial charge in [-0.3, -0.25) is 0 Å². The molecule has 0 bridgehead atoms. The molecule has 0 fully saturated rings. The number of hydrogen-bond donors (Lipinski definition) is 1. The lowest BCUT2D eigenvalue weighted by Crippen LogP contribution is -2.55. The Morgan fingerprint density at radius 2 is 1.60 bits per heavy atom. The Labute approximate surface area is 171 Å². The molecule has 1 aromatic carbocycles. The van der Waals surface area contributed by atoms with Gasteiger partial charge < -0.3 is 19.3 Å². The van der Waals surface area contributed by atoms with Gasteiger partial charge in [0, 0.05) is 0 Å². The van der Waals surface area contributed by atoms with Crippen molar-refractivity contribution in [3.63, 3.8) is 0 Å². The second-order valence-electron chi connectivity index (χ2n) is 6.61. The highest BCUT2D eigenvalue weighted by Gasteiger charge is 2.17. The molecule has 0 radical (unpaired) electrons. The number of aliphatic hydroxyl groups is 1. The van der Waals surface area contributed by atoms with Gasteiger partial charge in [-0.15, -0.1) is 13.2 Å². The fourth-order valence-corrected chi connectivity index (χ4v) is 3.02. The lowest BCUT2D eigenvalue weighted by atomic mass is 10.2. The largest absolute Gasteiger partial charge is 0.454 e. The van der Waals surface area contributed by atoms with E-state index in [2.05, 4.69) is 13.2 Å². The SMILES string of the molecule is C=CCn1c(=O)n(CC=C)c(=O)n(C[C@@H](O)COCc2ccc3c(c2)OCO3)c1=O. The van der Waals surface area contributed by atoms with Gasteiger partial charge in [0.05, 0.1) is 39.0 Å². The van der Waals surface area contributed by atoms with E-state index in [1.807, 2.05) is 6.07 Å². The summed E-state index contributed by atoms with van der Waals surface area (Å²) in [5.74, 6) is 1.28. The van der Waals surface area contributed by atoms with Crippen LogP contribution in [0.1, 0.15) is 5.56 Å². The number of aliphatic hydroxyl groups excluding tert-OH is 1. The van der Waals surface area contributed by atoms with Crippen molar-refractivity contribution in [1.29, 1.82) is 0 Å². The number of fused-ring (bicyclic) bond motifs is 1. The standard InChI is InChI=1S/C20H23N3O7/c1-3-7-21-18(25)22(8-4-2)20(27)23(19(21)26)10-15(24)12-28-11-14-5-6-16-17(9-14)30-13-29-16/h3-6,9,15,24H,1-2,7-8,10-13H2/t15-/m1/s1. The maximum Gasteiger partial charge on any atom is 0.336 e. The highest BCUT2D eigenvalue weighted by molar-refractivity contribution is 5.44. The second kappa shape index (κ2) is 9.42. The van der Waals surface area contributed by atoms with Gasteiger partial charge in [-0.25, -0.2) is 28.1 Å². The number of benzene rings is 1. The summed E-state index contributed by atoms with van der Waals surface area (Å²) in [5.41, 5.74) is -1.58. The van der Waals surface area contributed by atoms with Crippen molar-refractivity contribution in [3.8, 4) is 11.5 Å². The van der Waals surface area contributed by atoms with Gasteiger partial charge in [0.25, 0.3) is 0 Å². The molecule has 0 spiro atoms. The van der Waals surface area contributed by atoms with Gasteiger partial charge in [0.2, 0.25) is 6.79 Å². The summed E-state index contributed by atoms with van der Waals surface area (Å²) in [4.78, 5) is 37.5. The molecular formula is C20H23N3O7. The molecular weight excluding hydrogens is 394 g/mol. The molecule has 10 heteroatoms. The van der Waals surface area contributed by atoms with Crippen molar-refractivity contribution in [2.75, 3.05) is 13.4 Å². The number of rotatable bonds is 10. The maximum atomic E-state index is 12.6. The molecule has 0 saturated heterocycles. The average molecular weight is 417 g/mol. The van der Waals surface area contributed by atoms with E-state index in [0.29, 0.717) is 11.5 Å². The zero-order chi connectivity index (χ0) is 21.7. The van der Waals surface area contributed by atoms with Gasteiger partial charge in [-0.05, 0) is 17.7 Å². The Morgan fingerprint density at radius 1 is 1.00 bits per heavy atom. The highest BCUT2D eigenvalue weighted by Crippen LogP contribution is 2.32. The van der Waals surface area contributed by atoms with E-state index >= 15 is 0 Å². The summed E-state index contributed by atoms with van der Waals surface area (Å²) in [5, 5.41) is 10.3. The zero-order valence-electron chi connectivity index (χ0n) is 16.4. The van der Waals surface area contributed by atoms with Crippen molar-refractivity contribution in [2.45, 2.75) is 32.3 Å². The minimum absolute atomic E-state index is 0.0637. The van der Waals surface area contributed by atoms with E-state index in [-0.39, 0.29) is 39.6 Å². The third-order valence-electron chi connectivity index (χ3n) is 4.42. The molecule has 1 aliphatic heterocycles. The Hall–Kier alpha value is -3.37. The van der Waals surface area contributed by atoms with Crippen LogP contribution in [0, 0.1) is 0 Å². The first kappa shape index (κ1) is 21.3. The van der Waals surface area contributed by atoms with Crippen LogP contribution in [0.15, 0.2) is 57.9 Å². The quantitative estimate of drug-likeness (QED) is 0.535. The molecule has 0 saturated carbocycles. The third kappa shape index (κ3) is 4.44. The van der Waals surface area contributed by atoms with Crippen molar-refractivity contribution in [3.05, 3.63) is 80.5 Å². The molecule has 1 N–H and O–H groups in total. The van der Waals surface area contributed by atoms with Crippen molar-refractivity contribution < 1.29 is 19.3 Å². The number of ether oxygens (including phenoxy) is 3. The third-order valence-corrected chi connectivity index (χ3v) is 4.42. The van der Waals surface area contributed by atoms with Gasteiger partial charge in [-0.1, -0.05) is 18.2 Å². The molecule has 10 nitrogen and oxygen atoms in total. The average Bonchev–Trinajstić information content (AvgIpc) is 3.20. The zero-order valence-corrected chi connectivity index (χ0v) is 16.4. The van der Waals surface area contributed by atoms with Crippen molar-refractivity contribution >= 4 is 0 Å². The molecule has 0 aliphatic carbocycles. The van der Waals surface area contributed by atoms with Crippen LogP contribution in [-0.4, -0.2) is 38.3 Å². The predicted octanol–water partition coefficient (Wildman–Crippen LogP) is -0.150. The van der Waals surface area contributed by atoms with Crippen LogP contribution in [0.3, 0.4) is 0 Å². The molecule has 1 atom stereocenters. The Morgan fingerprint density at radius 3 is 2.23 bits per heavy atom. The molecule has 0 amide bonds. The van der Waals surface area contributed by atoms with Crippen molar-refractivity contribution in [1.82, 2.24) is 13.7 Å². The minimum atomic E-state index is -1.14. The molecule has 160 valence electrons. The maximum absolute atomic E-state index is 12.6. The first-order chi connectivity index (χ1) is 14.5. The molecule has 30 heavy (non-hydrogen) atoms. The molecule has 0 unspecified atom stereocenters. The number of hydrogen-bond acceptors (Lipinski definition) is 7. The van der Waals surface area contributed by atoms with Gasteiger partial charge in [0.1, 0.15) is 0 Å². The Balaban J connectivity index is 1.71. The fourth-order valence-electron chi connectivity index (χ4n) is 3.02. The molecule has 2 heterocycles. The first-order valence-electron chi connectivity index (χ1n) is 9.26. The van der Waals surface area contributed by atoms with E-state index in [9.17, 15) is 19.5 Å². The monoisotopic (exact) mass is 417 g/mol. The summed E-state index contributed by atoms with van der Waals surface area (Å²) < 4.78 is 18.6. The van der Waals surface area contributed by atoms with E-state index in [0.717, 1.165) is 19.3 Å². The van der Waals surface area contributed by atoms with E-state index in [1.54, 1.807) is 12.1 Å². The molecule has 1 aliphatic rings. The van der Waals surface area contributed by atoms with E-state index in [1.165, 1.54) is 12.2 Å². The van der Waals surface area contributed by atoms with Crippen LogP contribution in [0.5, 0.6) is 11.5 Å². The molecule has 1 aromatic heterocycles. The lowest BCUT2D eigenvalue weighted by molar-refractivity contribution is 0.0185. The first-order valence-corrected chi connectivity index (χ1v) is 9.26. The smallest absolute Gasteiger partial charge is 0.336 e. The summed E-state index contributed by atoms with van der Waals surface area (Å²) >= 11 is 0. The second-order valence-corrected chi connectivity index (χ2v) is 6.61. The van der Waals surface area contributed by atoms with Crippen LogP contribution in [0.4, 0.5) is 0 Å². The normalized spacial score (nSPS) is 13.2. The van der Waals surface area contributed by atoms with Gasteiger partial charge in [0.15, 0.2) is 11.5 Å². The molecule has 3 rings (SSSR count). The van der Waals surface area contributed by atoms with Crippen LogP contribution in [0.25, 0.3) is 0 Å². The lowest BCUT2D eigenvalue weighted by Gasteiger charge is -2.15. The van der Waals surface area contributed by atoms with Gasteiger partial charge >= 0.3 is 17.1 Å². The number of aromatic nitrogens is 3.